The van der Waals surface area contributed by atoms with E-state index >= 15 is 0 Å². The predicted molar refractivity (Wildman–Crippen MR) is 136 cm³/mol. The molecule has 0 aliphatic carbocycles. The van der Waals surface area contributed by atoms with Gasteiger partial charge in [-0.3, -0.25) is 0 Å². The van der Waals surface area contributed by atoms with E-state index < -0.39 is 5.60 Å². The number of ether oxygens (including phenoxy) is 4. The lowest BCUT2D eigenvalue weighted by Gasteiger charge is -2.52. The van der Waals surface area contributed by atoms with Crippen LogP contribution in [-0.4, -0.2) is 33.5 Å². The predicted octanol–water partition coefficient (Wildman–Crippen LogP) is 5.41. The van der Waals surface area contributed by atoms with Gasteiger partial charge in [0, 0.05) is 35.0 Å². The minimum atomic E-state index is -1.32. The highest BCUT2D eigenvalue weighted by Gasteiger charge is 2.53. The Morgan fingerprint density at radius 2 is 1.14 bits per heavy atom. The van der Waals surface area contributed by atoms with E-state index in [0.29, 0.717) is 28.6 Å². The van der Waals surface area contributed by atoms with Crippen LogP contribution in [0.3, 0.4) is 0 Å². The van der Waals surface area contributed by atoms with E-state index in [4.69, 9.17) is 18.9 Å². The number of benzene rings is 3. The second kappa shape index (κ2) is 10.4. The molecule has 0 saturated carbocycles. The van der Waals surface area contributed by atoms with E-state index in [9.17, 15) is 9.50 Å². The van der Waals surface area contributed by atoms with Crippen molar-refractivity contribution < 1.29 is 28.4 Å². The molecule has 0 unspecified atom stereocenters. The maximum atomic E-state index is 13.9. The number of methoxy groups -OCH3 is 4. The monoisotopic (exact) mass is 495 g/mol. The molecule has 0 radical (unpaired) electrons. The zero-order chi connectivity index (χ0) is 26.0. The zero-order valence-electron chi connectivity index (χ0n) is 21.5. The van der Waals surface area contributed by atoms with E-state index in [0.717, 1.165) is 11.1 Å². The highest BCUT2D eigenvalue weighted by Crippen LogP contribution is 2.54. The first-order valence-electron chi connectivity index (χ1n) is 12.0. The summed E-state index contributed by atoms with van der Waals surface area (Å²) in [5.41, 5.74) is 1.02. The number of piperidine rings is 1. The van der Waals surface area contributed by atoms with Gasteiger partial charge in [0.1, 0.15) is 28.8 Å². The van der Waals surface area contributed by atoms with E-state index in [-0.39, 0.29) is 29.7 Å². The SMILES string of the molecule is COc1ccc(OC)c([C@H]2N[C@H](c3cc(OC)ccc3OC)[C@H](C)C(O)(c3ccc(F)cc3)[C@H]2C)c1. The number of nitrogens with one attached hydrogen (secondary N) is 1. The lowest BCUT2D eigenvalue weighted by molar-refractivity contribution is -0.118. The molecule has 0 spiro atoms. The Hall–Kier alpha value is -3.29. The van der Waals surface area contributed by atoms with Gasteiger partial charge in [0.15, 0.2) is 0 Å². The highest BCUT2D eigenvalue weighted by molar-refractivity contribution is 5.47. The Labute approximate surface area is 212 Å². The first kappa shape index (κ1) is 25.8. The minimum absolute atomic E-state index is 0.327. The van der Waals surface area contributed by atoms with E-state index in [1.54, 1.807) is 40.6 Å². The third kappa shape index (κ3) is 4.38. The summed E-state index contributed by atoms with van der Waals surface area (Å²) in [5.74, 6) is 1.70. The van der Waals surface area contributed by atoms with Gasteiger partial charge in [0.25, 0.3) is 0 Å². The Kier molecular flexibility index (Phi) is 7.43. The van der Waals surface area contributed by atoms with Crippen molar-refractivity contribution in [2.75, 3.05) is 28.4 Å². The summed E-state index contributed by atoms with van der Waals surface area (Å²) in [4.78, 5) is 0. The molecule has 4 atom stereocenters. The summed E-state index contributed by atoms with van der Waals surface area (Å²) in [7, 11) is 6.47. The van der Waals surface area contributed by atoms with Crippen molar-refractivity contribution in [2.24, 2.45) is 11.8 Å². The van der Waals surface area contributed by atoms with Crippen LogP contribution in [0.1, 0.15) is 42.6 Å². The van der Waals surface area contributed by atoms with Crippen LogP contribution in [0.4, 0.5) is 4.39 Å². The molecule has 1 fully saturated rings. The second-order valence-electron chi connectivity index (χ2n) is 9.25. The van der Waals surface area contributed by atoms with Crippen LogP contribution < -0.4 is 24.3 Å². The van der Waals surface area contributed by atoms with Crippen molar-refractivity contribution in [3.05, 3.63) is 83.2 Å². The summed E-state index contributed by atoms with van der Waals surface area (Å²) >= 11 is 0. The molecular weight excluding hydrogens is 461 g/mol. The summed E-state index contributed by atoms with van der Waals surface area (Å²) < 4.78 is 36.3. The molecule has 0 amide bonds. The number of hydrogen-bond donors (Lipinski definition) is 2. The van der Waals surface area contributed by atoms with Crippen LogP contribution in [0.25, 0.3) is 0 Å². The Morgan fingerprint density at radius 3 is 1.53 bits per heavy atom. The topological polar surface area (TPSA) is 69.2 Å². The fourth-order valence-electron chi connectivity index (χ4n) is 5.53. The fourth-order valence-corrected chi connectivity index (χ4v) is 5.53. The molecule has 4 rings (SSSR count). The number of halogens is 1. The fraction of sp³-hybridized carbons (Fsp3) is 0.379. The summed E-state index contributed by atoms with van der Waals surface area (Å²) in [6.45, 7) is 3.99. The average Bonchev–Trinajstić information content (AvgIpc) is 2.91. The highest BCUT2D eigenvalue weighted by atomic mass is 19.1. The summed E-state index contributed by atoms with van der Waals surface area (Å²) in [6.07, 6.45) is 0. The van der Waals surface area contributed by atoms with Crippen molar-refractivity contribution in [1.82, 2.24) is 5.32 Å². The van der Waals surface area contributed by atoms with Gasteiger partial charge in [-0.1, -0.05) is 26.0 Å². The van der Waals surface area contributed by atoms with Gasteiger partial charge in [-0.2, -0.15) is 0 Å². The van der Waals surface area contributed by atoms with Gasteiger partial charge in [0.05, 0.1) is 34.0 Å². The lowest BCUT2D eigenvalue weighted by Crippen LogP contribution is -2.55. The van der Waals surface area contributed by atoms with Crippen LogP contribution in [0, 0.1) is 17.7 Å². The molecule has 36 heavy (non-hydrogen) atoms. The molecule has 3 aromatic rings. The van der Waals surface area contributed by atoms with Gasteiger partial charge in [0.2, 0.25) is 0 Å². The number of hydrogen-bond acceptors (Lipinski definition) is 6. The Bertz CT molecular complexity index is 1130. The molecule has 192 valence electrons. The molecular formula is C29H34FNO5. The van der Waals surface area contributed by atoms with Gasteiger partial charge < -0.3 is 29.4 Å². The Balaban J connectivity index is 1.94. The van der Waals surface area contributed by atoms with Crippen LogP contribution in [-0.2, 0) is 5.60 Å². The molecule has 6 nitrogen and oxygen atoms in total. The summed E-state index contributed by atoms with van der Waals surface area (Å²) in [5, 5.41) is 16.3. The van der Waals surface area contributed by atoms with Crippen LogP contribution in [0.2, 0.25) is 0 Å². The van der Waals surface area contributed by atoms with Crippen molar-refractivity contribution in [3.63, 3.8) is 0 Å². The number of rotatable bonds is 7. The third-order valence-electron chi connectivity index (χ3n) is 7.60. The lowest BCUT2D eigenvalue weighted by atomic mass is 9.63. The molecule has 2 N–H and O–H groups in total. The third-order valence-corrected chi connectivity index (χ3v) is 7.60. The van der Waals surface area contributed by atoms with Crippen molar-refractivity contribution in [2.45, 2.75) is 31.5 Å². The van der Waals surface area contributed by atoms with Crippen LogP contribution in [0.15, 0.2) is 60.7 Å². The second-order valence-corrected chi connectivity index (χ2v) is 9.25. The Morgan fingerprint density at radius 1 is 0.694 bits per heavy atom. The average molecular weight is 496 g/mol. The van der Waals surface area contributed by atoms with Crippen LogP contribution >= 0.6 is 0 Å². The zero-order valence-corrected chi connectivity index (χ0v) is 21.5. The van der Waals surface area contributed by atoms with Gasteiger partial charge >= 0.3 is 0 Å². The largest absolute Gasteiger partial charge is 0.497 e. The molecule has 1 heterocycles. The molecule has 1 aliphatic rings. The molecule has 0 bridgehead atoms. The molecule has 1 aliphatic heterocycles. The van der Waals surface area contributed by atoms with Crippen molar-refractivity contribution in [3.8, 4) is 23.0 Å². The van der Waals surface area contributed by atoms with E-state index in [1.807, 2.05) is 50.2 Å². The molecule has 3 aromatic carbocycles. The maximum Gasteiger partial charge on any atom is 0.123 e. The molecule has 7 heteroatoms. The van der Waals surface area contributed by atoms with Gasteiger partial charge in [-0.05, 0) is 54.1 Å². The van der Waals surface area contributed by atoms with Crippen molar-refractivity contribution in [1.29, 1.82) is 0 Å². The first-order valence-corrected chi connectivity index (χ1v) is 12.0. The van der Waals surface area contributed by atoms with Gasteiger partial charge in [-0.15, -0.1) is 0 Å². The smallest absolute Gasteiger partial charge is 0.123 e. The van der Waals surface area contributed by atoms with E-state index in [1.165, 1.54) is 12.1 Å². The minimum Gasteiger partial charge on any atom is -0.497 e. The standard InChI is InChI=1S/C29H34FNO5/c1-17-27(23-15-21(33-3)11-13-25(23)35-5)31-28(24-16-22(34-4)12-14-26(24)36-6)18(2)29(17,32)19-7-9-20(30)10-8-19/h7-18,27-28,31-32H,1-6H3/t17-,18-,27-,28-/m0/s1. The van der Waals surface area contributed by atoms with E-state index in [2.05, 4.69) is 5.32 Å². The quantitative estimate of drug-likeness (QED) is 0.457. The normalized spacial score (nSPS) is 25.8. The van der Waals surface area contributed by atoms with Crippen LogP contribution in [0.5, 0.6) is 23.0 Å². The number of aliphatic hydroxyl groups is 1. The first-order chi connectivity index (χ1) is 17.3. The molecule has 1 saturated heterocycles. The molecule has 0 aromatic heterocycles. The summed E-state index contributed by atoms with van der Waals surface area (Å²) in [6, 6.07) is 16.7. The van der Waals surface area contributed by atoms with Crippen molar-refractivity contribution >= 4 is 0 Å². The maximum absolute atomic E-state index is 13.9. The van der Waals surface area contributed by atoms with Gasteiger partial charge in [-0.25, -0.2) is 4.39 Å².